The van der Waals surface area contributed by atoms with E-state index in [0.29, 0.717) is 30.5 Å². The number of benzene rings is 2. The maximum atomic E-state index is 11.5. The third-order valence-electron chi connectivity index (χ3n) is 9.12. The largest absolute Gasteiger partial charge is 0.507 e. The minimum atomic E-state index is -0.0697. The fourth-order valence-corrected chi connectivity index (χ4v) is 6.27. The standard InChI is InChI=1S/C36H54N4O3/c1-35(2,3)28-15-24(19-37)33(41)25(16-28)20-38-31-12-8-9-13-32(31)39-21-26-17-29(36(4,5)6)18-27(34(26)42)22-40-14-10-11-30(40)23-43-7/h15-18,20-21,30-32,41-42H,8-14,19,22-23,37H2,1-7H3/t30-,31+,32+/m0/s1. The van der Waals surface area contributed by atoms with E-state index in [4.69, 9.17) is 20.5 Å². The highest BCUT2D eigenvalue weighted by Gasteiger charge is 2.28. The third-order valence-corrected chi connectivity index (χ3v) is 9.12. The number of phenols is 2. The van der Waals surface area contributed by atoms with Crippen LogP contribution in [0.4, 0.5) is 0 Å². The number of nitrogens with two attached hydrogens (primary N) is 1. The number of ether oxygens (including phenoxy) is 1. The first kappa shape index (κ1) is 33.2. The molecule has 4 rings (SSSR count). The molecule has 2 aromatic carbocycles. The van der Waals surface area contributed by atoms with Gasteiger partial charge in [-0.1, -0.05) is 66.5 Å². The number of aliphatic imine (C=N–C) groups is 2. The number of nitrogens with zero attached hydrogens (tertiary/aromatic N) is 3. The number of phenolic OH excluding ortho intramolecular Hbond substituents is 2. The molecule has 2 aliphatic rings. The summed E-state index contributed by atoms with van der Waals surface area (Å²) in [5.74, 6) is 0.520. The van der Waals surface area contributed by atoms with E-state index >= 15 is 0 Å². The van der Waals surface area contributed by atoms with Gasteiger partial charge in [0.15, 0.2) is 0 Å². The second-order valence-corrected chi connectivity index (χ2v) is 14.5. The van der Waals surface area contributed by atoms with E-state index in [-0.39, 0.29) is 35.2 Å². The molecular formula is C36H54N4O3. The molecule has 7 heteroatoms. The summed E-state index contributed by atoms with van der Waals surface area (Å²) in [6, 6.07) is 8.67. The molecule has 2 fully saturated rings. The lowest BCUT2D eigenvalue weighted by Gasteiger charge is -2.27. The molecular weight excluding hydrogens is 536 g/mol. The molecule has 1 heterocycles. The smallest absolute Gasteiger partial charge is 0.128 e. The molecule has 2 aromatic rings. The maximum absolute atomic E-state index is 11.5. The Morgan fingerprint density at radius 3 is 1.81 bits per heavy atom. The zero-order valence-corrected chi connectivity index (χ0v) is 27.5. The molecule has 1 aliphatic carbocycles. The van der Waals surface area contributed by atoms with Gasteiger partial charge in [0.25, 0.3) is 0 Å². The molecule has 0 bridgehead atoms. The van der Waals surface area contributed by atoms with Crippen molar-refractivity contribution in [3.63, 3.8) is 0 Å². The van der Waals surface area contributed by atoms with Gasteiger partial charge in [-0.05, 0) is 66.3 Å². The van der Waals surface area contributed by atoms with Crippen LogP contribution in [0.5, 0.6) is 11.5 Å². The predicted octanol–water partition coefficient (Wildman–Crippen LogP) is 6.61. The number of hydrogen-bond acceptors (Lipinski definition) is 7. The van der Waals surface area contributed by atoms with E-state index in [2.05, 4.69) is 58.6 Å². The van der Waals surface area contributed by atoms with Crippen molar-refractivity contribution in [2.75, 3.05) is 20.3 Å². The van der Waals surface area contributed by atoms with Gasteiger partial charge in [-0.25, -0.2) is 0 Å². The first-order valence-corrected chi connectivity index (χ1v) is 16.0. The fraction of sp³-hybridized carbons (Fsp3) is 0.611. The molecule has 4 N–H and O–H groups in total. The lowest BCUT2D eigenvalue weighted by molar-refractivity contribution is 0.111. The van der Waals surface area contributed by atoms with Crippen LogP contribution in [0.15, 0.2) is 34.3 Å². The number of aromatic hydroxyl groups is 2. The van der Waals surface area contributed by atoms with Crippen molar-refractivity contribution in [2.45, 2.75) is 122 Å². The number of likely N-dealkylation sites (tertiary alicyclic amines) is 1. The fourth-order valence-electron chi connectivity index (χ4n) is 6.27. The van der Waals surface area contributed by atoms with E-state index in [9.17, 15) is 10.2 Å². The SMILES string of the molecule is COC[C@@H]1CCCN1Cc1cc(C(C)(C)C)cc(C=N[C@@H]2CCCC[C@H]2N=Cc2cc(C(C)(C)C)cc(CN)c2O)c1O. The van der Waals surface area contributed by atoms with Crippen molar-refractivity contribution in [2.24, 2.45) is 15.7 Å². The Kier molecular flexibility index (Phi) is 10.7. The van der Waals surface area contributed by atoms with Crippen molar-refractivity contribution >= 4 is 12.4 Å². The van der Waals surface area contributed by atoms with Crippen LogP contribution in [0.3, 0.4) is 0 Å². The minimum Gasteiger partial charge on any atom is -0.507 e. The Morgan fingerprint density at radius 1 is 0.814 bits per heavy atom. The summed E-state index contributed by atoms with van der Waals surface area (Å²) in [5.41, 5.74) is 11.3. The molecule has 1 saturated heterocycles. The van der Waals surface area contributed by atoms with Crippen LogP contribution in [0.2, 0.25) is 0 Å². The summed E-state index contributed by atoms with van der Waals surface area (Å²) in [7, 11) is 1.76. The molecule has 0 spiro atoms. The van der Waals surface area contributed by atoms with Crippen molar-refractivity contribution in [1.29, 1.82) is 0 Å². The van der Waals surface area contributed by atoms with Gasteiger partial charge in [0.05, 0.1) is 18.7 Å². The summed E-state index contributed by atoms with van der Waals surface area (Å²) in [6.45, 7) is 15.8. The molecule has 0 aromatic heterocycles. The average molecular weight is 591 g/mol. The van der Waals surface area contributed by atoms with Crippen LogP contribution in [-0.4, -0.2) is 65.9 Å². The molecule has 1 saturated carbocycles. The van der Waals surface area contributed by atoms with Crippen LogP contribution >= 0.6 is 0 Å². The monoisotopic (exact) mass is 590 g/mol. The summed E-state index contributed by atoms with van der Waals surface area (Å²) in [5, 5.41) is 22.3. The highest BCUT2D eigenvalue weighted by molar-refractivity contribution is 5.86. The van der Waals surface area contributed by atoms with Crippen molar-refractivity contribution < 1.29 is 14.9 Å². The highest BCUT2D eigenvalue weighted by Crippen LogP contribution is 2.34. The van der Waals surface area contributed by atoms with E-state index in [1.54, 1.807) is 7.11 Å². The Morgan fingerprint density at radius 2 is 1.33 bits per heavy atom. The molecule has 0 amide bonds. The van der Waals surface area contributed by atoms with Crippen molar-refractivity contribution in [3.8, 4) is 11.5 Å². The van der Waals surface area contributed by atoms with E-state index in [1.165, 1.54) is 5.56 Å². The predicted molar refractivity (Wildman–Crippen MR) is 178 cm³/mol. The van der Waals surface area contributed by atoms with Gasteiger partial charge in [-0.15, -0.1) is 0 Å². The molecule has 0 radical (unpaired) electrons. The first-order chi connectivity index (χ1) is 20.3. The second-order valence-electron chi connectivity index (χ2n) is 14.5. The Labute approximate surface area is 259 Å². The lowest BCUT2D eigenvalue weighted by atomic mass is 9.84. The summed E-state index contributed by atoms with van der Waals surface area (Å²) < 4.78 is 5.47. The lowest BCUT2D eigenvalue weighted by Crippen LogP contribution is -2.32. The topological polar surface area (TPSA) is 104 Å². The normalized spacial score (nSPS) is 22.3. The van der Waals surface area contributed by atoms with Crippen LogP contribution in [-0.2, 0) is 28.7 Å². The van der Waals surface area contributed by atoms with Gasteiger partial charge >= 0.3 is 0 Å². The zero-order valence-electron chi connectivity index (χ0n) is 27.5. The summed E-state index contributed by atoms with van der Waals surface area (Å²) >= 11 is 0. The summed E-state index contributed by atoms with van der Waals surface area (Å²) in [4.78, 5) is 12.5. The van der Waals surface area contributed by atoms with Gasteiger partial charge in [0.1, 0.15) is 11.5 Å². The van der Waals surface area contributed by atoms with Gasteiger partial charge in [-0.3, -0.25) is 14.9 Å². The molecule has 3 atom stereocenters. The second kappa shape index (κ2) is 13.9. The van der Waals surface area contributed by atoms with Crippen LogP contribution in [0, 0.1) is 0 Å². The van der Waals surface area contributed by atoms with E-state index in [1.807, 2.05) is 24.6 Å². The van der Waals surface area contributed by atoms with E-state index in [0.717, 1.165) is 67.3 Å². The maximum Gasteiger partial charge on any atom is 0.128 e. The molecule has 7 nitrogen and oxygen atoms in total. The van der Waals surface area contributed by atoms with E-state index < -0.39 is 0 Å². The van der Waals surface area contributed by atoms with Crippen LogP contribution < -0.4 is 5.73 Å². The van der Waals surface area contributed by atoms with Gasteiger partial charge in [0, 0.05) is 60.9 Å². The number of hydrogen-bond donors (Lipinski definition) is 3. The summed E-state index contributed by atoms with van der Waals surface area (Å²) in [6.07, 6.45) is 10.0. The number of methoxy groups -OCH3 is 1. The Bertz CT molecular complexity index is 1310. The minimum absolute atomic E-state index is 0.0100. The molecule has 0 unspecified atom stereocenters. The van der Waals surface area contributed by atoms with Crippen molar-refractivity contribution in [1.82, 2.24) is 4.90 Å². The highest BCUT2D eigenvalue weighted by atomic mass is 16.5. The van der Waals surface area contributed by atoms with Crippen LogP contribution in [0.1, 0.15) is 113 Å². The Hall–Kier alpha value is -2.74. The molecule has 43 heavy (non-hydrogen) atoms. The first-order valence-electron chi connectivity index (χ1n) is 16.0. The van der Waals surface area contributed by atoms with Gasteiger partial charge in [0.2, 0.25) is 0 Å². The number of rotatable bonds is 9. The average Bonchev–Trinajstić information content (AvgIpc) is 3.38. The third kappa shape index (κ3) is 8.25. The molecule has 1 aliphatic heterocycles. The molecule has 236 valence electrons. The van der Waals surface area contributed by atoms with Gasteiger partial charge < -0.3 is 20.7 Å². The Balaban J connectivity index is 1.61. The van der Waals surface area contributed by atoms with Crippen molar-refractivity contribution in [3.05, 3.63) is 57.6 Å². The zero-order chi connectivity index (χ0) is 31.4. The quantitative estimate of drug-likeness (QED) is 0.285. The van der Waals surface area contributed by atoms with Gasteiger partial charge in [-0.2, -0.15) is 0 Å². The van der Waals surface area contributed by atoms with Crippen LogP contribution in [0.25, 0.3) is 0 Å².